The first kappa shape index (κ1) is 9.34. The molecule has 1 aliphatic rings. The van der Waals surface area contributed by atoms with Gasteiger partial charge in [-0.1, -0.05) is 54.6 Å². The highest BCUT2D eigenvalue weighted by Crippen LogP contribution is 2.35. The number of allylic oxidation sites excluding steroid dienone is 1. The van der Waals surface area contributed by atoms with Crippen LogP contribution in [0, 0.1) is 11.7 Å². The van der Waals surface area contributed by atoms with Gasteiger partial charge in [-0.25, -0.2) is 4.39 Å². The van der Waals surface area contributed by atoms with Crippen molar-refractivity contribution in [2.45, 2.75) is 0 Å². The van der Waals surface area contributed by atoms with Gasteiger partial charge in [0, 0.05) is 5.56 Å². The maximum Gasteiger partial charge on any atom is 0.127 e. The molecule has 16 heavy (non-hydrogen) atoms. The van der Waals surface area contributed by atoms with Crippen LogP contribution in [0.4, 0.5) is 4.39 Å². The van der Waals surface area contributed by atoms with E-state index < -0.39 is 0 Å². The Kier molecular flexibility index (Phi) is 2.10. The molecule has 0 spiro atoms. The Bertz CT molecular complexity index is 555. The number of hydrogen-bond acceptors (Lipinski definition) is 0. The van der Waals surface area contributed by atoms with Crippen molar-refractivity contribution in [3.8, 4) is 0 Å². The summed E-state index contributed by atoms with van der Waals surface area (Å²) in [6.07, 6.45) is 4.00. The smallest absolute Gasteiger partial charge is 0.127 e. The van der Waals surface area contributed by atoms with E-state index in [1.54, 1.807) is 6.07 Å². The van der Waals surface area contributed by atoms with Crippen LogP contribution in [0.2, 0.25) is 0 Å². The second-order valence-corrected chi connectivity index (χ2v) is 3.81. The topological polar surface area (TPSA) is 0 Å². The zero-order chi connectivity index (χ0) is 11.0. The molecule has 1 heteroatoms. The van der Waals surface area contributed by atoms with Gasteiger partial charge >= 0.3 is 0 Å². The predicted octanol–water partition coefficient (Wildman–Crippen LogP) is 3.82. The molecule has 0 heterocycles. The lowest BCUT2D eigenvalue weighted by Crippen LogP contribution is -1.99. The summed E-state index contributed by atoms with van der Waals surface area (Å²) in [5, 5.41) is 0. The van der Waals surface area contributed by atoms with Gasteiger partial charge in [0.25, 0.3) is 0 Å². The molecule has 0 atom stereocenters. The van der Waals surface area contributed by atoms with E-state index in [9.17, 15) is 4.39 Å². The maximum atomic E-state index is 13.7. The highest BCUT2D eigenvalue weighted by Gasteiger charge is 2.21. The summed E-state index contributed by atoms with van der Waals surface area (Å²) in [5.74, 6) is 0.799. The Labute approximate surface area is 94.1 Å². The van der Waals surface area contributed by atoms with Gasteiger partial charge < -0.3 is 0 Å². The van der Waals surface area contributed by atoms with Crippen LogP contribution in [0.15, 0.2) is 54.6 Å². The minimum atomic E-state index is -0.168. The quantitative estimate of drug-likeness (QED) is 0.669. The first-order valence-corrected chi connectivity index (χ1v) is 5.25. The van der Waals surface area contributed by atoms with Crippen LogP contribution in [0.3, 0.4) is 0 Å². The summed E-state index contributed by atoms with van der Waals surface area (Å²) < 4.78 is 13.7. The normalized spacial score (nSPS) is 14.1. The molecule has 2 aromatic rings. The van der Waals surface area contributed by atoms with E-state index in [0.717, 1.165) is 17.0 Å². The van der Waals surface area contributed by atoms with Gasteiger partial charge in [0.15, 0.2) is 0 Å². The van der Waals surface area contributed by atoms with E-state index in [4.69, 9.17) is 0 Å². The molecule has 0 bridgehead atoms. The van der Waals surface area contributed by atoms with Crippen LogP contribution in [-0.2, 0) is 0 Å². The van der Waals surface area contributed by atoms with E-state index in [-0.39, 0.29) is 5.82 Å². The third-order valence-electron chi connectivity index (χ3n) is 2.84. The van der Waals surface area contributed by atoms with Crippen LogP contribution < -0.4 is 0 Å². The van der Waals surface area contributed by atoms with Crippen molar-refractivity contribution >= 4 is 6.08 Å². The molecule has 0 unspecified atom stereocenters. The fraction of sp³-hybridized carbons (Fsp3) is 0. The molecule has 1 radical (unpaired) electrons. The molecule has 0 aliphatic heterocycles. The third-order valence-corrected chi connectivity index (χ3v) is 2.84. The minimum absolute atomic E-state index is 0.168. The van der Waals surface area contributed by atoms with Gasteiger partial charge in [-0.2, -0.15) is 0 Å². The van der Waals surface area contributed by atoms with Crippen molar-refractivity contribution in [1.82, 2.24) is 0 Å². The molecule has 77 valence electrons. The largest absolute Gasteiger partial charge is 0.207 e. The lowest BCUT2D eigenvalue weighted by Gasteiger charge is -2.11. The number of hydrogen-bond donors (Lipinski definition) is 0. The lowest BCUT2D eigenvalue weighted by molar-refractivity contribution is 0.618. The molecule has 2 aromatic carbocycles. The summed E-state index contributed by atoms with van der Waals surface area (Å²) in [5.41, 5.74) is 2.93. The van der Waals surface area contributed by atoms with Crippen molar-refractivity contribution < 1.29 is 4.39 Å². The third kappa shape index (κ3) is 1.36. The molecule has 0 amide bonds. The number of halogens is 1. The fourth-order valence-electron chi connectivity index (χ4n) is 2.07. The standard InChI is InChI=1S/C15H10F/c16-15-8-4-3-7-14(15)13-10-9-11-5-1-2-6-12(11)13/h1-10H. The average molecular weight is 209 g/mol. The predicted molar refractivity (Wildman–Crippen MR) is 63.3 cm³/mol. The zero-order valence-corrected chi connectivity index (χ0v) is 8.65. The Morgan fingerprint density at radius 1 is 0.688 bits per heavy atom. The van der Waals surface area contributed by atoms with Gasteiger partial charge in [-0.3, -0.25) is 0 Å². The number of rotatable bonds is 1. The van der Waals surface area contributed by atoms with Crippen molar-refractivity contribution in [3.05, 3.63) is 83.0 Å². The van der Waals surface area contributed by atoms with Crippen molar-refractivity contribution in [2.24, 2.45) is 0 Å². The monoisotopic (exact) mass is 209 g/mol. The van der Waals surface area contributed by atoms with Gasteiger partial charge in [0.05, 0.1) is 5.92 Å². The minimum Gasteiger partial charge on any atom is -0.207 e. The zero-order valence-electron chi connectivity index (χ0n) is 8.65. The van der Waals surface area contributed by atoms with E-state index in [1.165, 1.54) is 6.07 Å². The molecule has 0 aromatic heterocycles. The molecule has 0 N–H and O–H groups in total. The summed E-state index contributed by atoms with van der Waals surface area (Å²) in [6.45, 7) is 0. The first-order chi connectivity index (χ1) is 7.86. The molecule has 1 aliphatic carbocycles. The summed E-state index contributed by atoms with van der Waals surface area (Å²) in [4.78, 5) is 0. The molecule has 0 fully saturated rings. The second kappa shape index (κ2) is 3.60. The van der Waals surface area contributed by atoms with E-state index in [0.29, 0.717) is 5.56 Å². The van der Waals surface area contributed by atoms with E-state index in [1.807, 2.05) is 48.6 Å². The summed E-state index contributed by atoms with van der Waals surface area (Å²) >= 11 is 0. The highest BCUT2D eigenvalue weighted by atomic mass is 19.1. The summed E-state index contributed by atoms with van der Waals surface area (Å²) in [6, 6.07) is 14.9. The Hall–Kier alpha value is -1.89. The molecule has 3 rings (SSSR count). The van der Waals surface area contributed by atoms with Gasteiger partial charge in [-0.15, -0.1) is 0 Å². The fourth-order valence-corrected chi connectivity index (χ4v) is 2.07. The number of fused-ring (bicyclic) bond motifs is 1. The maximum absolute atomic E-state index is 13.7. The first-order valence-electron chi connectivity index (χ1n) is 5.25. The van der Waals surface area contributed by atoms with Crippen molar-refractivity contribution in [1.29, 1.82) is 0 Å². The summed E-state index contributed by atoms with van der Waals surface area (Å²) in [7, 11) is 0. The second-order valence-electron chi connectivity index (χ2n) is 3.81. The highest BCUT2D eigenvalue weighted by molar-refractivity contribution is 5.73. The Morgan fingerprint density at radius 2 is 1.38 bits per heavy atom. The van der Waals surface area contributed by atoms with Crippen LogP contribution in [0.5, 0.6) is 0 Å². The molecule has 0 saturated carbocycles. The van der Waals surface area contributed by atoms with Crippen LogP contribution in [-0.4, -0.2) is 0 Å². The number of benzene rings is 2. The SMILES string of the molecule is Fc1ccccc1[C]1C=Cc2ccccc21. The molecule has 0 nitrogen and oxygen atoms in total. The Balaban J connectivity index is 2.12. The van der Waals surface area contributed by atoms with Crippen molar-refractivity contribution in [2.75, 3.05) is 0 Å². The van der Waals surface area contributed by atoms with E-state index >= 15 is 0 Å². The van der Waals surface area contributed by atoms with Crippen LogP contribution >= 0.6 is 0 Å². The lowest BCUT2D eigenvalue weighted by atomic mass is 9.93. The van der Waals surface area contributed by atoms with Gasteiger partial charge in [0.1, 0.15) is 5.82 Å². The molecule has 0 saturated heterocycles. The van der Waals surface area contributed by atoms with Crippen LogP contribution in [0.25, 0.3) is 6.08 Å². The van der Waals surface area contributed by atoms with Gasteiger partial charge in [-0.05, 0) is 17.2 Å². The van der Waals surface area contributed by atoms with Crippen LogP contribution in [0.1, 0.15) is 16.7 Å². The van der Waals surface area contributed by atoms with E-state index in [2.05, 4.69) is 0 Å². The molecular weight excluding hydrogens is 199 g/mol. The van der Waals surface area contributed by atoms with Crippen molar-refractivity contribution in [3.63, 3.8) is 0 Å². The molecular formula is C15H10F. The Morgan fingerprint density at radius 3 is 2.19 bits per heavy atom. The van der Waals surface area contributed by atoms with Gasteiger partial charge in [0.2, 0.25) is 0 Å². The average Bonchev–Trinajstić information content (AvgIpc) is 2.74.